The summed E-state index contributed by atoms with van der Waals surface area (Å²) in [7, 11) is 0. The van der Waals surface area contributed by atoms with Crippen LogP contribution >= 0.6 is 11.8 Å². The number of nitrogens with zero attached hydrogens (tertiary/aromatic N) is 1. The first kappa shape index (κ1) is 13.5. The molecule has 1 N–H and O–H groups in total. The fourth-order valence-corrected chi connectivity index (χ4v) is 2.95. The number of hydrogen-bond acceptors (Lipinski definition) is 2. The number of aliphatic imine (C=N–C) groups is 1. The summed E-state index contributed by atoms with van der Waals surface area (Å²) in [5, 5.41) is 4.68. The van der Waals surface area contributed by atoms with Gasteiger partial charge in [-0.15, -0.1) is 0 Å². The molecule has 2 rings (SSSR count). The second-order valence-corrected chi connectivity index (χ2v) is 6.89. The number of nitrogens with one attached hydrogen (secondary N) is 1. The van der Waals surface area contributed by atoms with Crippen molar-refractivity contribution in [3.05, 3.63) is 35.9 Å². The highest BCUT2D eigenvalue weighted by Crippen LogP contribution is 2.27. The van der Waals surface area contributed by atoms with Crippen molar-refractivity contribution in [1.29, 1.82) is 0 Å². The molecular formula is C15H22N2S. The van der Waals surface area contributed by atoms with Gasteiger partial charge in [-0.3, -0.25) is 4.99 Å². The topological polar surface area (TPSA) is 24.4 Å². The molecule has 18 heavy (non-hydrogen) atoms. The van der Waals surface area contributed by atoms with E-state index in [1.165, 1.54) is 17.7 Å². The fourth-order valence-electron chi connectivity index (χ4n) is 2.02. The van der Waals surface area contributed by atoms with Crippen LogP contribution in [0.15, 0.2) is 35.3 Å². The van der Waals surface area contributed by atoms with Crippen molar-refractivity contribution in [3.63, 3.8) is 0 Å². The van der Waals surface area contributed by atoms with Crippen molar-refractivity contribution in [1.82, 2.24) is 5.32 Å². The molecular weight excluding hydrogens is 240 g/mol. The highest BCUT2D eigenvalue weighted by molar-refractivity contribution is 8.13. The number of benzene rings is 1. The largest absolute Gasteiger partial charge is 0.362 e. The number of hydrogen-bond donors (Lipinski definition) is 1. The molecule has 1 fully saturated rings. The van der Waals surface area contributed by atoms with Gasteiger partial charge in [0.15, 0.2) is 5.17 Å². The van der Waals surface area contributed by atoms with Crippen molar-refractivity contribution in [2.45, 2.75) is 39.8 Å². The minimum Gasteiger partial charge on any atom is -0.362 e. The molecule has 1 unspecified atom stereocenters. The van der Waals surface area contributed by atoms with Crippen molar-refractivity contribution >= 4 is 16.9 Å². The van der Waals surface area contributed by atoms with Crippen LogP contribution in [0, 0.1) is 5.41 Å². The highest BCUT2D eigenvalue weighted by atomic mass is 32.2. The zero-order valence-electron chi connectivity index (χ0n) is 11.4. The van der Waals surface area contributed by atoms with Crippen molar-refractivity contribution in [2.24, 2.45) is 10.4 Å². The predicted molar refractivity (Wildman–Crippen MR) is 81.0 cm³/mol. The van der Waals surface area contributed by atoms with E-state index < -0.39 is 0 Å². The molecule has 2 nitrogen and oxygen atoms in total. The standard InChI is InChI=1S/C15H22N2S/c1-15(2,3)13-9-10-18-14(17-13)16-11-12-7-5-4-6-8-12/h4-8,13H,9-11H2,1-3H3,(H,16,17). The Hall–Kier alpha value is -0.960. The Bertz CT molecular complexity index is 406. The Balaban J connectivity index is 1.97. The van der Waals surface area contributed by atoms with E-state index >= 15 is 0 Å². The summed E-state index contributed by atoms with van der Waals surface area (Å²) >= 11 is 1.84. The minimum absolute atomic E-state index is 0.300. The maximum absolute atomic E-state index is 4.69. The van der Waals surface area contributed by atoms with Crippen molar-refractivity contribution in [2.75, 3.05) is 5.75 Å². The van der Waals surface area contributed by atoms with Crippen LogP contribution in [-0.4, -0.2) is 17.0 Å². The first-order chi connectivity index (χ1) is 8.55. The normalized spacial score (nSPS) is 22.8. The van der Waals surface area contributed by atoms with E-state index in [1.807, 2.05) is 17.8 Å². The lowest BCUT2D eigenvalue weighted by Gasteiger charge is -2.35. The first-order valence-corrected chi connectivity index (χ1v) is 7.52. The van der Waals surface area contributed by atoms with Gasteiger partial charge < -0.3 is 5.32 Å². The number of thioether (sulfide) groups is 1. The van der Waals surface area contributed by atoms with Gasteiger partial charge in [0.25, 0.3) is 0 Å². The van der Waals surface area contributed by atoms with E-state index in [2.05, 4.69) is 55.3 Å². The van der Waals surface area contributed by atoms with Crippen LogP contribution in [0.25, 0.3) is 0 Å². The average molecular weight is 262 g/mol. The SMILES string of the molecule is CC(C)(C)C1CCSC(=NCc2ccccc2)N1. The summed E-state index contributed by atoms with van der Waals surface area (Å²) in [6.07, 6.45) is 1.22. The smallest absolute Gasteiger partial charge is 0.157 e. The second-order valence-electron chi connectivity index (χ2n) is 5.81. The van der Waals surface area contributed by atoms with Crippen molar-refractivity contribution in [3.8, 4) is 0 Å². The lowest BCUT2D eigenvalue weighted by atomic mass is 9.85. The Morgan fingerprint density at radius 2 is 2.00 bits per heavy atom. The van der Waals surface area contributed by atoms with Gasteiger partial charge in [-0.05, 0) is 17.4 Å². The zero-order valence-corrected chi connectivity index (χ0v) is 12.3. The molecule has 1 heterocycles. The molecule has 98 valence electrons. The molecule has 0 aromatic heterocycles. The van der Waals surface area contributed by atoms with Gasteiger partial charge in [-0.25, -0.2) is 0 Å². The number of amidine groups is 1. The van der Waals surface area contributed by atoms with E-state index in [-0.39, 0.29) is 0 Å². The van der Waals surface area contributed by atoms with Crippen LogP contribution in [0.2, 0.25) is 0 Å². The lowest BCUT2D eigenvalue weighted by molar-refractivity contribution is 0.290. The number of rotatable bonds is 2. The molecule has 0 bridgehead atoms. The van der Waals surface area contributed by atoms with E-state index in [1.54, 1.807) is 0 Å². The summed E-state index contributed by atoms with van der Waals surface area (Å²) in [6.45, 7) is 7.63. The molecule has 0 saturated carbocycles. The van der Waals surface area contributed by atoms with Gasteiger partial charge in [-0.1, -0.05) is 62.9 Å². The molecule has 1 aromatic carbocycles. The molecule has 3 heteroatoms. The van der Waals surface area contributed by atoms with Crippen LogP contribution in [0.4, 0.5) is 0 Å². The Morgan fingerprint density at radius 3 is 2.67 bits per heavy atom. The van der Waals surface area contributed by atoms with Crippen LogP contribution in [0.1, 0.15) is 32.8 Å². The third kappa shape index (κ3) is 3.77. The third-order valence-corrected chi connectivity index (χ3v) is 4.20. The molecule has 0 radical (unpaired) electrons. The molecule has 0 amide bonds. The van der Waals surface area contributed by atoms with Crippen LogP contribution in [0.5, 0.6) is 0 Å². The molecule has 1 saturated heterocycles. The zero-order chi connectivity index (χ0) is 13.0. The van der Waals surface area contributed by atoms with Gasteiger partial charge in [0.05, 0.1) is 6.54 Å². The summed E-state index contributed by atoms with van der Waals surface area (Å²) < 4.78 is 0. The third-order valence-electron chi connectivity index (χ3n) is 3.24. The lowest BCUT2D eigenvalue weighted by Crippen LogP contribution is -2.46. The maximum atomic E-state index is 4.69. The summed E-state index contributed by atoms with van der Waals surface area (Å²) in [5.74, 6) is 1.17. The quantitative estimate of drug-likeness (QED) is 0.879. The summed E-state index contributed by atoms with van der Waals surface area (Å²) in [5.41, 5.74) is 1.57. The van der Waals surface area contributed by atoms with Crippen molar-refractivity contribution < 1.29 is 0 Å². The molecule has 1 aliphatic rings. The highest BCUT2D eigenvalue weighted by Gasteiger charge is 2.28. The van der Waals surface area contributed by atoms with E-state index in [4.69, 9.17) is 0 Å². The van der Waals surface area contributed by atoms with Gasteiger partial charge in [-0.2, -0.15) is 0 Å². The fraction of sp³-hybridized carbons (Fsp3) is 0.533. The Kier molecular flexibility index (Phi) is 4.33. The maximum Gasteiger partial charge on any atom is 0.157 e. The van der Waals surface area contributed by atoms with Crippen LogP contribution in [-0.2, 0) is 6.54 Å². The molecule has 1 aromatic rings. The van der Waals surface area contributed by atoms with Gasteiger partial charge >= 0.3 is 0 Å². The Labute approximate surface area is 114 Å². The van der Waals surface area contributed by atoms with Gasteiger partial charge in [0.1, 0.15) is 0 Å². The summed E-state index contributed by atoms with van der Waals surface area (Å²) in [4.78, 5) is 4.69. The van der Waals surface area contributed by atoms with Crippen LogP contribution in [0.3, 0.4) is 0 Å². The van der Waals surface area contributed by atoms with E-state index in [0.29, 0.717) is 11.5 Å². The summed E-state index contributed by atoms with van der Waals surface area (Å²) in [6, 6.07) is 11.0. The minimum atomic E-state index is 0.300. The first-order valence-electron chi connectivity index (χ1n) is 6.53. The second kappa shape index (κ2) is 5.79. The average Bonchev–Trinajstić information content (AvgIpc) is 2.37. The molecule has 1 atom stereocenters. The molecule has 0 spiro atoms. The van der Waals surface area contributed by atoms with Crippen LogP contribution < -0.4 is 5.32 Å². The van der Waals surface area contributed by atoms with Gasteiger partial charge in [0.2, 0.25) is 0 Å². The van der Waals surface area contributed by atoms with E-state index in [9.17, 15) is 0 Å². The van der Waals surface area contributed by atoms with E-state index in [0.717, 1.165) is 11.7 Å². The predicted octanol–water partition coefficient (Wildman–Crippen LogP) is 3.68. The molecule has 1 aliphatic heterocycles. The van der Waals surface area contributed by atoms with Gasteiger partial charge in [0, 0.05) is 11.8 Å². The Morgan fingerprint density at radius 1 is 1.28 bits per heavy atom. The monoisotopic (exact) mass is 262 g/mol. The molecule has 0 aliphatic carbocycles.